The van der Waals surface area contributed by atoms with Crippen molar-refractivity contribution in [3.8, 4) is 33.9 Å². The first kappa shape index (κ1) is 24.3. The molecule has 1 aliphatic heterocycles. The van der Waals surface area contributed by atoms with Crippen molar-refractivity contribution in [2.24, 2.45) is 0 Å². The zero-order valence-electron chi connectivity index (χ0n) is 22.8. The number of ether oxygens (including phenoxy) is 1. The zero-order chi connectivity index (χ0) is 27.9. The van der Waals surface area contributed by atoms with Crippen LogP contribution in [0.4, 0.5) is 0 Å². The average Bonchev–Trinajstić information content (AvgIpc) is 3.07. The quantitative estimate of drug-likeness (QED) is 0.224. The number of para-hydroxylation sites is 2. The van der Waals surface area contributed by atoms with Gasteiger partial charge in [0, 0.05) is 22.3 Å². The van der Waals surface area contributed by atoms with Crippen molar-refractivity contribution in [3.05, 3.63) is 180 Å². The molecule has 1 aliphatic rings. The molecule has 8 rings (SSSR count). The van der Waals surface area contributed by atoms with Gasteiger partial charge in [-0.15, -0.1) is 0 Å². The summed E-state index contributed by atoms with van der Waals surface area (Å²) in [6.07, 6.45) is 1.89. The van der Waals surface area contributed by atoms with Crippen LogP contribution in [-0.4, -0.2) is 9.97 Å². The van der Waals surface area contributed by atoms with E-state index in [-0.39, 0.29) is 0 Å². The van der Waals surface area contributed by atoms with Gasteiger partial charge in [-0.25, -0.2) is 4.98 Å². The van der Waals surface area contributed by atoms with E-state index in [0.717, 1.165) is 56.0 Å². The number of benzene rings is 6. The molecule has 0 saturated carbocycles. The molecule has 6 aromatic carbocycles. The Bertz CT molecular complexity index is 2010. The second-order valence-electron chi connectivity index (χ2n) is 10.6. The van der Waals surface area contributed by atoms with Gasteiger partial charge < -0.3 is 4.74 Å². The molecule has 0 saturated heterocycles. The second-order valence-corrected chi connectivity index (χ2v) is 10.6. The summed E-state index contributed by atoms with van der Waals surface area (Å²) in [7, 11) is 0. The number of fused-ring (bicyclic) bond motifs is 3. The number of hydrogen-bond donors (Lipinski definition) is 0. The summed E-state index contributed by atoms with van der Waals surface area (Å²) >= 11 is 0. The molecule has 0 aliphatic carbocycles. The predicted octanol–water partition coefficient (Wildman–Crippen LogP) is 9.45. The maximum absolute atomic E-state index is 6.57. The topological polar surface area (TPSA) is 35.0 Å². The lowest BCUT2D eigenvalue weighted by Crippen LogP contribution is -2.34. The van der Waals surface area contributed by atoms with Crippen LogP contribution in [0.1, 0.15) is 22.3 Å². The number of nitrogens with zero attached hydrogens (tertiary/aromatic N) is 2. The van der Waals surface area contributed by atoms with Gasteiger partial charge in [0.1, 0.15) is 11.5 Å². The van der Waals surface area contributed by atoms with Gasteiger partial charge in [-0.1, -0.05) is 121 Å². The Morgan fingerprint density at radius 1 is 0.500 bits per heavy atom. The molecule has 2 heterocycles. The van der Waals surface area contributed by atoms with Gasteiger partial charge >= 0.3 is 0 Å². The molecule has 42 heavy (non-hydrogen) atoms. The van der Waals surface area contributed by atoms with Crippen LogP contribution >= 0.6 is 0 Å². The Balaban J connectivity index is 1.36. The molecule has 198 valence electrons. The summed E-state index contributed by atoms with van der Waals surface area (Å²) in [6.45, 7) is 0. The van der Waals surface area contributed by atoms with E-state index in [4.69, 9.17) is 14.7 Å². The van der Waals surface area contributed by atoms with Crippen molar-refractivity contribution < 1.29 is 4.74 Å². The fourth-order valence-corrected chi connectivity index (χ4v) is 6.40. The standard InChI is InChI=1S/C39H26N2O/c1-4-13-27(14-5-1)31-19-12-21-34-38(31)40-26-35(41-34)28-23-24-37-33(25-28)39(29-15-6-2-7-16-29,30-17-8-3-9-18-30)32-20-10-11-22-36(32)42-37/h1-26H. The summed E-state index contributed by atoms with van der Waals surface area (Å²) < 4.78 is 6.57. The second kappa shape index (κ2) is 9.83. The van der Waals surface area contributed by atoms with Gasteiger partial charge in [0.25, 0.3) is 0 Å². The Hall–Kier alpha value is -5.54. The molecule has 3 nitrogen and oxygen atoms in total. The minimum Gasteiger partial charge on any atom is -0.457 e. The average molecular weight is 539 g/mol. The third kappa shape index (κ3) is 3.75. The van der Waals surface area contributed by atoms with Gasteiger partial charge in [0.2, 0.25) is 0 Å². The fourth-order valence-electron chi connectivity index (χ4n) is 6.40. The third-order valence-electron chi connectivity index (χ3n) is 8.26. The molecule has 0 bridgehead atoms. The first-order valence-electron chi connectivity index (χ1n) is 14.2. The van der Waals surface area contributed by atoms with Crippen molar-refractivity contribution in [2.75, 3.05) is 0 Å². The van der Waals surface area contributed by atoms with E-state index in [0.29, 0.717) is 0 Å². The molecular weight excluding hydrogens is 512 g/mol. The number of aromatic nitrogens is 2. The molecule has 0 atom stereocenters. The molecule has 0 radical (unpaired) electrons. The first-order valence-corrected chi connectivity index (χ1v) is 14.2. The predicted molar refractivity (Wildman–Crippen MR) is 169 cm³/mol. The molecule has 0 spiro atoms. The van der Waals surface area contributed by atoms with Crippen LogP contribution in [0.15, 0.2) is 158 Å². The van der Waals surface area contributed by atoms with Crippen molar-refractivity contribution in [1.82, 2.24) is 9.97 Å². The van der Waals surface area contributed by atoms with Crippen LogP contribution in [0.3, 0.4) is 0 Å². The molecule has 0 unspecified atom stereocenters. The minimum atomic E-state index is -0.576. The van der Waals surface area contributed by atoms with E-state index in [1.807, 2.05) is 24.4 Å². The van der Waals surface area contributed by atoms with E-state index in [1.54, 1.807) is 0 Å². The van der Waals surface area contributed by atoms with Crippen LogP contribution in [0.2, 0.25) is 0 Å². The highest BCUT2D eigenvalue weighted by molar-refractivity contribution is 5.92. The van der Waals surface area contributed by atoms with Crippen molar-refractivity contribution in [2.45, 2.75) is 5.41 Å². The minimum absolute atomic E-state index is 0.576. The largest absolute Gasteiger partial charge is 0.457 e. The van der Waals surface area contributed by atoms with E-state index < -0.39 is 5.41 Å². The molecule has 1 aromatic heterocycles. The highest BCUT2D eigenvalue weighted by Gasteiger charge is 2.45. The van der Waals surface area contributed by atoms with Crippen LogP contribution in [0, 0.1) is 0 Å². The van der Waals surface area contributed by atoms with Gasteiger partial charge in [0.15, 0.2) is 0 Å². The summed E-state index contributed by atoms with van der Waals surface area (Å²) in [5.41, 5.74) is 9.77. The maximum atomic E-state index is 6.57. The molecule has 0 amide bonds. The maximum Gasteiger partial charge on any atom is 0.132 e. The summed E-state index contributed by atoms with van der Waals surface area (Å²) in [5, 5.41) is 0. The van der Waals surface area contributed by atoms with Crippen LogP contribution < -0.4 is 4.74 Å². The van der Waals surface area contributed by atoms with Gasteiger partial charge in [-0.3, -0.25) is 4.98 Å². The monoisotopic (exact) mass is 538 g/mol. The molecular formula is C39H26N2O. The summed E-state index contributed by atoms with van der Waals surface area (Å²) in [5.74, 6) is 1.70. The zero-order valence-corrected chi connectivity index (χ0v) is 22.8. The van der Waals surface area contributed by atoms with E-state index in [1.165, 1.54) is 11.1 Å². The Morgan fingerprint density at radius 2 is 1.14 bits per heavy atom. The SMILES string of the molecule is c1ccc(-c2cccc3nc(-c4ccc5c(c4)C(c4ccccc4)(c4ccccc4)c4ccccc4O5)cnc23)cc1. The lowest BCUT2D eigenvalue weighted by molar-refractivity contribution is 0.434. The Labute approximate surface area is 244 Å². The lowest BCUT2D eigenvalue weighted by atomic mass is 9.63. The smallest absolute Gasteiger partial charge is 0.132 e. The fraction of sp³-hybridized carbons (Fsp3) is 0.0256. The van der Waals surface area contributed by atoms with E-state index in [9.17, 15) is 0 Å². The third-order valence-corrected chi connectivity index (χ3v) is 8.26. The summed E-state index contributed by atoms with van der Waals surface area (Å²) in [6, 6.07) is 52.8. The molecule has 3 heteroatoms. The Kier molecular flexibility index (Phi) is 5.68. The Morgan fingerprint density at radius 3 is 1.88 bits per heavy atom. The van der Waals surface area contributed by atoms with Crippen molar-refractivity contribution >= 4 is 11.0 Å². The van der Waals surface area contributed by atoms with Crippen LogP contribution in [0.5, 0.6) is 11.5 Å². The molecule has 7 aromatic rings. The highest BCUT2D eigenvalue weighted by atomic mass is 16.5. The van der Waals surface area contributed by atoms with Crippen LogP contribution in [-0.2, 0) is 5.41 Å². The number of rotatable bonds is 4. The molecule has 0 N–H and O–H groups in total. The lowest BCUT2D eigenvalue weighted by Gasteiger charge is -2.41. The normalized spacial score (nSPS) is 13.1. The number of hydrogen-bond acceptors (Lipinski definition) is 3. The van der Waals surface area contributed by atoms with Gasteiger partial charge in [-0.2, -0.15) is 0 Å². The van der Waals surface area contributed by atoms with Crippen LogP contribution in [0.25, 0.3) is 33.4 Å². The van der Waals surface area contributed by atoms with Gasteiger partial charge in [-0.05, 0) is 47.0 Å². The first-order chi connectivity index (χ1) is 20.8. The van der Waals surface area contributed by atoms with Crippen molar-refractivity contribution in [1.29, 1.82) is 0 Å². The van der Waals surface area contributed by atoms with Gasteiger partial charge in [0.05, 0.1) is 28.3 Å². The van der Waals surface area contributed by atoms with E-state index in [2.05, 4.69) is 133 Å². The summed E-state index contributed by atoms with van der Waals surface area (Å²) in [4.78, 5) is 10.1. The van der Waals surface area contributed by atoms with E-state index >= 15 is 0 Å². The molecule has 0 fully saturated rings. The van der Waals surface area contributed by atoms with Crippen molar-refractivity contribution in [3.63, 3.8) is 0 Å². The highest BCUT2D eigenvalue weighted by Crippen LogP contribution is 2.55.